The molecule has 2 fully saturated rings. The lowest BCUT2D eigenvalue weighted by Crippen LogP contribution is -2.42. The maximum absolute atomic E-state index is 11.4. The minimum Gasteiger partial charge on any atom is -0.358 e. The van der Waals surface area contributed by atoms with Gasteiger partial charge in [0.1, 0.15) is 5.82 Å². The maximum atomic E-state index is 11.4. The van der Waals surface area contributed by atoms with Gasteiger partial charge in [-0.2, -0.15) is 4.37 Å². The summed E-state index contributed by atoms with van der Waals surface area (Å²) in [6, 6.07) is 0. The lowest BCUT2D eigenvalue weighted by molar-refractivity contribution is -0.122. The van der Waals surface area contributed by atoms with Crippen LogP contribution in [-0.2, 0) is 4.79 Å². The number of anilines is 1. The van der Waals surface area contributed by atoms with Gasteiger partial charge in [-0.3, -0.25) is 9.69 Å². The Morgan fingerprint density at radius 3 is 2.73 bits per heavy atom. The van der Waals surface area contributed by atoms with E-state index in [2.05, 4.69) is 31.5 Å². The summed E-state index contributed by atoms with van der Waals surface area (Å²) in [5, 5.41) is 3.74. The number of hydrogen-bond donors (Lipinski definition) is 1. The molecule has 1 N–H and O–H groups in total. The van der Waals surface area contributed by atoms with E-state index in [4.69, 9.17) is 0 Å². The number of aromatic nitrogens is 2. The van der Waals surface area contributed by atoms with Crippen LogP contribution in [0.4, 0.5) is 5.13 Å². The second-order valence-corrected chi connectivity index (χ2v) is 7.21. The van der Waals surface area contributed by atoms with Crippen molar-refractivity contribution in [2.45, 2.75) is 31.6 Å². The summed E-state index contributed by atoms with van der Waals surface area (Å²) >= 11 is 1.53. The third-order valence-corrected chi connectivity index (χ3v) is 5.43. The topological polar surface area (TPSA) is 61.4 Å². The standard InChI is InChI=1S/C15H25N5OS/c1-16-13(21)10-20-7-5-11(6-8-20)9-19(2)15-17-14(18-22-15)12-3-4-12/h11-12H,3-10H2,1-2H3,(H,16,21). The lowest BCUT2D eigenvalue weighted by Gasteiger charge is -2.33. The first kappa shape index (κ1) is 15.7. The molecule has 1 saturated heterocycles. The number of nitrogens with one attached hydrogen (secondary N) is 1. The molecule has 7 heteroatoms. The van der Waals surface area contributed by atoms with Gasteiger partial charge in [0, 0.05) is 38.1 Å². The molecule has 0 atom stereocenters. The molecule has 0 unspecified atom stereocenters. The third kappa shape index (κ3) is 3.95. The van der Waals surface area contributed by atoms with E-state index in [0.717, 1.165) is 43.4 Å². The van der Waals surface area contributed by atoms with Crippen molar-refractivity contribution in [1.82, 2.24) is 19.6 Å². The molecule has 1 aromatic heterocycles. The SMILES string of the molecule is CNC(=O)CN1CCC(CN(C)c2nc(C3CC3)ns2)CC1. The fourth-order valence-corrected chi connectivity index (χ4v) is 3.68. The molecular weight excluding hydrogens is 298 g/mol. The summed E-state index contributed by atoms with van der Waals surface area (Å²) in [7, 11) is 3.82. The van der Waals surface area contributed by atoms with Gasteiger partial charge in [-0.1, -0.05) is 0 Å². The van der Waals surface area contributed by atoms with Gasteiger partial charge in [0.25, 0.3) is 0 Å². The van der Waals surface area contributed by atoms with E-state index in [1.165, 1.54) is 24.4 Å². The fraction of sp³-hybridized carbons (Fsp3) is 0.800. The average molecular weight is 323 g/mol. The van der Waals surface area contributed by atoms with Crippen molar-refractivity contribution in [1.29, 1.82) is 0 Å². The molecule has 2 heterocycles. The maximum Gasteiger partial charge on any atom is 0.233 e. The Balaban J connectivity index is 1.44. The van der Waals surface area contributed by atoms with Crippen LogP contribution in [0, 0.1) is 5.92 Å². The van der Waals surface area contributed by atoms with Gasteiger partial charge < -0.3 is 10.2 Å². The lowest BCUT2D eigenvalue weighted by atomic mass is 9.96. The van der Waals surface area contributed by atoms with Gasteiger partial charge in [0.2, 0.25) is 11.0 Å². The molecular formula is C15H25N5OS. The zero-order valence-corrected chi connectivity index (χ0v) is 14.2. The second-order valence-electron chi connectivity index (χ2n) is 6.48. The molecule has 0 spiro atoms. The Hall–Kier alpha value is -1.21. The first-order valence-electron chi connectivity index (χ1n) is 8.13. The van der Waals surface area contributed by atoms with Crippen LogP contribution in [0.5, 0.6) is 0 Å². The second kappa shape index (κ2) is 6.91. The highest BCUT2D eigenvalue weighted by Crippen LogP contribution is 2.39. The minimum absolute atomic E-state index is 0.108. The molecule has 3 rings (SSSR count). The normalized spacial score (nSPS) is 20.1. The molecule has 1 aromatic rings. The van der Waals surface area contributed by atoms with Gasteiger partial charge in [0.15, 0.2) is 0 Å². The summed E-state index contributed by atoms with van der Waals surface area (Å²) in [6.07, 6.45) is 4.80. The highest BCUT2D eigenvalue weighted by atomic mass is 32.1. The Morgan fingerprint density at radius 1 is 1.36 bits per heavy atom. The quantitative estimate of drug-likeness (QED) is 0.855. The van der Waals surface area contributed by atoms with Crippen LogP contribution in [0.25, 0.3) is 0 Å². The fourth-order valence-electron chi connectivity index (χ4n) is 2.96. The summed E-state index contributed by atoms with van der Waals surface area (Å²) in [4.78, 5) is 20.6. The monoisotopic (exact) mass is 323 g/mol. The number of amides is 1. The van der Waals surface area contributed by atoms with Crippen molar-refractivity contribution < 1.29 is 4.79 Å². The van der Waals surface area contributed by atoms with Crippen LogP contribution in [0.3, 0.4) is 0 Å². The highest BCUT2D eigenvalue weighted by molar-refractivity contribution is 7.09. The van der Waals surface area contributed by atoms with Crippen molar-refractivity contribution in [2.24, 2.45) is 5.92 Å². The van der Waals surface area contributed by atoms with E-state index in [1.807, 2.05) is 0 Å². The average Bonchev–Trinajstić information content (AvgIpc) is 3.26. The van der Waals surface area contributed by atoms with Gasteiger partial charge in [0.05, 0.1) is 6.54 Å². The summed E-state index contributed by atoms with van der Waals surface area (Å²) in [5.74, 6) is 2.47. The van der Waals surface area contributed by atoms with Crippen LogP contribution >= 0.6 is 11.5 Å². The zero-order chi connectivity index (χ0) is 15.5. The highest BCUT2D eigenvalue weighted by Gasteiger charge is 2.29. The molecule has 1 aliphatic heterocycles. The summed E-state index contributed by atoms with van der Waals surface area (Å²) in [6.45, 7) is 3.58. The number of likely N-dealkylation sites (N-methyl/N-ethyl adjacent to an activating group) is 1. The molecule has 6 nitrogen and oxygen atoms in total. The van der Waals surface area contributed by atoms with Crippen molar-refractivity contribution in [3.63, 3.8) is 0 Å². The number of hydrogen-bond acceptors (Lipinski definition) is 6. The van der Waals surface area contributed by atoms with Gasteiger partial charge in [-0.25, -0.2) is 4.98 Å². The number of nitrogens with zero attached hydrogens (tertiary/aromatic N) is 4. The van der Waals surface area contributed by atoms with Gasteiger partial charge in [-0.15, -0.1) is 0 Å². The summed E-state index contributed by atoms with van der Waals surface area (Å²) < 4.78 is 4.48. The van der Waals surface area contributed by atoms with Gasteiger partial charge in [-0.05, 0) is 44.7 Å². The van der Waals surface area contributed by atoms with E-state index in [-0.39, 0.29) is 5.91 Å². The van der Waals surface area contributed by atoms with E-state index < -0.39 is 0 Å². The Labute approximate surface area is 136 Å². The number of piperidine rings is 1. The molecule has 22 heavy (non-hydrogen) atoms. The van der Waals surface area contributed by atoms with Crippen LogP contribution in [0.15, 0.2) is 0 Å². The first-order chi connectivity index (χ1) is 10.7. The Bertz CT molecular complexity index is 508. The Morgan fingerprint density at radius 2 is 2.09 bits per heavy atom. The molecule has 1 amide bonds. The van der Waals surface area contributed by atoms with Crippen LogP contribution in [-0.4, -0.2) is 60.4 Å². The molecule has 122 valence electrons. The van der Waals surface area contributed by atoms with E-state index in [0.29, 0.717) is 18.4 Å². The summed E-state index contributed by atoms with van der Waals surface area (Å²) in [5.41, 5.74) is 0. The number of rotatable bonds is 6. The molecule has 2 aliphatic rings. The van der Waals surface area contributed by atoms with Crippen molar-refractivity contribution in [2.75, 3.05) is 45.2 Å². The molecule has 0 bridgehead atoms. The molecule has 1 saturated carbocycles. The van der Waals surface area contributed by atoms with Gasteiger partial charge >= 0.3 is 0 Å². The number of carbonyl (C=O) groups excluding carboxylic acids is 1. The largest absolute Gasteiger partial charge is 0.358 e. The van der Waals surface area contributed by atoms with Crippen molar-refractivity contribution >= 4 is 22.6 Å². The number of carbonyl (C=O) groups is 1. The molecule has 0 aromatic carbocycles. The van der Waals surface area contributed by atoms with E-state index >= 15 is 0 Å². The first-order valence-corrected chi connectivity index (χ1v) is 8.90. The smallest absolute Gasteiger partial charge is 0.233 e. The van der Waals surface area contributed by atoms with Crippen molar-refractivity contribution in [3.05, 3.63) is 5.82 Å². The molecule has 0 radical (unpaired) electrons. The number of likely N-dealkylation sites (tertiary alicyclic amines) is 1. The van der Waals surface area contributed by atoms with Crippen LogP contribution < -0.4 is 10.2 Å². The van der Waals surface area contributed by atoms with Crippen LogP contribution in [0.2, 0.25) is 0 Å². The Kier molecular flexibility index (Phi) is 4.93. The zero-order valence-electron chi connectivity index (χ0n) is 13.4. The predicted octanol–water partition coefficient (Wildman–Crippen LogP) is 1.31. The third-order valence-electron chi connectivity index (χ3n) is 4.59. The van der Waals surface area contributed by atoms with Crippen LogP contribution in [0.1, 0.15) is 37.4 Å². The van der Waals surface area contributed by atoms with Crippen molar-refractivity contribution in [3.8, 4) is 0 Å². The van der Waals surface area contributed by atoms with E-state index in [9.17, 15) is 4.79 Å². The predicted molar refractivity (Wildman–Crippen MR) is 88.4 cm³/mol. The van der Waals surface area contributed by atoms with E-state index in [1.54, 1.807) is 7.05 Å². The minimum atomic E-state index is 0.108. The molecule has 1 aliphatic carbocycles.